The maximum atomic E-state index is 5.88. The highest BCUT2D eigenvalue weighted by atomic mass is 127. The van der Waals surface area contributed by atoms with E-state index in [-0.39, 0.29) is 30.1 Å². The van der Waals surface area contributed by atoms with Crippen molar-refractivity contribution in [3.63, 3.8) is 0 Å². The fraction of sp³-hybridized carbons (Fsp3) is 0.588. The molecule has 1 fully saturated rings. The van der Waals surface area contributed by atoms with Crippen molar-refractivity contribution in [2.75, 3.05) is 33.0 Å². The summed E-state index contributed by atoms with van der Waals surface area (Å²) in [6.45, 7) is 3.71. The van der Waals surface area contributed by atoms with E-state index in [4.69, 9.17) is 9.47 Å². The summed E-state index contributed by atoms with van der Waals surface area (Å²) in [5.74, 6) is 3.79. The van der Waals surface area contributed by atoms with Gasteiger partial charge in [-0.1, -0.05) is 0 Å². The molecule has 1 aliphatic rings. The smallest absolute Gasteiger partial charge is 0.191 e. The Balaban J connectivity index is 0.00000288. The molecule has 2 N–H and O–H groups in total. The number of thioether (sulfide) groups is 1. The third-order valence-electron chi connectivity index (χ3n) is 3.70. The molecule has 136 valence electrons. The number of ether oxygens (including phenoxy) is 2. The number of rotatable bonds is 7. The van der Waals surface area contributed by atoms with Gasteiger partial charge < -0.3 is 20.1 Å². The normalized spacial score (nSPS) is 18.5. The number of methoxy groups -OCH3 is 1. The van der Waals surface area contributed by atoms with Gasteiger partial charge in [0.2, 0.25) is 0 Å². The highest BCUT2D eigenvalue weighted by molar-refractivity contribution is 14.0. The van der Waals surface area contributed by atoms with E-state index in [1.807, 2.05) is 43.0 Å². The van der Waals surface area contributed by atoms with Crippen molar-refractivity contribution < 1.29 is 9.47 Å². The molecule has 1 aliphatic heterocycles. The highest BCUT2D eigenvalue weighted by Gasteiger charge is 2.15. The van der Waals surface area contributed by atoms with Gasteiger partial charge in [0, 0.05) is 18.8 Å². The molecular weight excluding hydrogens is 437 g/mol. The van der Waals surface area contributed by atoms with Crippen LogP contribution in [-0.2, 0) is 0 Å². The van der Waals surface area contributed by atoms with Gasteiger partial charge in [0.25, 0.3) is 0 Å². The molecule has 0 amide bonds. The lowest BCUT2D eigenvalue weighted by atomic mass is 10.2. The zero-order valence-corrected chi connectivity index (χ0v) is 17.7. The van der Waals surface area contributed by atoms with E-state index < -0.39 is 0 Å². The van der Waals surface area contributed by atoms with E-state index >= 15 is 0 Å². The van der Waals surface area contributed by atoms with Crippen LogP contribution in [0.5, 0.6) is 11.5 Å². The number of hydrogen-bond donors (Lipinski definition) is 2. The summed E-state index contributed by atoms with van der Waals surface area (Å²) < 4.78 is 11.0. The van der Waals surface area contributed by atoms with Crippen LogP contribution >= 0.6 is 35.7 Å². The highest BCUT2D eigenvalue weighted by Crippen LogP contribution is 2.25. The molecule has 0 spiro atoms. The Kier molecular flexibility index (Phi) is 10.3. The van der Waals surface area contributed by atoms with E-state index in [0.717, 1.165) is 24.0 Å². The minimum atomic E-state index is 0. The molecule has 2 atom stereocenters. The summed E-state index contributed by atoms with van der Waals surface area (Å²) >= 11 is 2.04. The van der Waals surface area contributed by atoms with Crippen LogP contribution in [0.2, 0.25) is 0 Å². The van der Waals surface area contributed by atoms with Crippen LogP contribution in [0.1, 0.15) is 19.8 Å². The summed E-state index contributed by atoms with van der Waals surface area (Å²) in [4.78, 5) is 4.26. The Morgan fingerprint density at radius 1 is 1.29 bits per heavy atom. The van der Waals surface area contributed by atoms with Gasteiger partial charge in [0.15, 0.2) is 5.96 Å². The molecule has 0 aromatic heterocycles. The lowest BCUT2D eigenvalue weighted by Gasteiger charge is -2.19. The van der Waals surface area contributed by atoms with Gasteiger partial charge in [-0.25, -0.2) is 0 Å². The predicted molar refractivity (Wildman–Crippen MR) is 113 cm³/mol. The number of hydrogen-bond acceptors (Lipinski definition) is 4. The lowest BCUT2D eigenvalue weighted by molar-refractivity contribution is 0.223. The second-order valence-electron chi connectivity index (χ2n) is 5.57. The number of halogens is 1. The molecule has 1 heterocycles. The molecule has 7 heteroatoms. The topological polar surface area (TPSA) is 54.9 Å². The Bertz CT molecular complexity index is 493. The van der Waals surface area contributed by atoms with Gasteiger partial charge in [-0.05, 0) is 49.8 Å². The quantitative estimate of drug-likeness (QED) is 0.368. The zero-order chi connectivity index (χ0) is 16.5. The Morgan fingerprint density at radius 3 is 2.58 bits per heavy atom. The second kappa shape index (κ2) is 11.7. The van der Waals surface area contributed by atoms with E-state index in [0.29, 0.717) is 11.8 Å². The molecule has 24 heavy (non-hydrogen) atoms. The van der Waals surface area contributed by atoms with Crippen LogP contribution < -0.4 is 20.1 Å². The number of nitrogens with zero attached hydrogens (tertiary/aromatic N) is 1. The molecule has 0 bridgehead atoms. The number of nitrogens with one attached hydrogen (secondary N) is 2. The first kappa shape index (κ1) is 21.2. The molecule has 1 aromatic rings. The molecule has 5 nitrogen and oxygen atoms in total. The SMILES string of the molecule is CN=C(NCC(C)Oc1ccc(OC)cc1)NCC1CCCS1.I. The van der Waals surface area contributed by atoms with Gasteiger partial charge in [0.05, 0.1) is 13.7 Å². The first-order valence-electron chi connectivity index (χ1n) is 8.08. The maximum absolute atomic E-state index is 5.88. The van der Waals surface area contributed by atoms with Gasteiger partial charge >= 0.3 is 0 Å². The van der Waals surface area contributed by atoms with Gasteiger partial charge in [-0.2, -0.15) is 11.8 Å². The van der Waals surface area contributed by atoms with Crippen molar-refractivity contribution in [1.29, 1.82) is 0 Å². The summed E-state index contributed by atoms with van der Waals surface area (Å²) in [6, 6.07) is 7.63. The molecular formula is C17H28IN3O2S. The number of guanidine groups is 1. The van der Waals surface area contributed by atoms with E-state index in [2.05, 4.69) is 15.6 Å². The summed E-state index contributed by atoms with van der Waals surface area (Å²) in [5.41, 5.74) is 0. The third-order valence-corrected chi connectivity index (χ3v) is 5.10. The molecule has 2 rings (SSSR count). The molecule has 2 unspecified atom stereocenters. The first-order chi connectivity index (χ1) is 11.2. The minimum Gasteiger partial charge on any atom is -0.497 e. The molecule has 0 saturated carbocycles. The fourth-order valence-electron chi connectivity index (χ4n) is 2.41. The third kappa shape index (κ3) is 7.38. The summed E-state index contributed by atoms with van der Waals surface area (Å²) in [6.07, 6.45) is 2.67. The van der Waals surface area contributed by atoms with Crippen LogP contribution in [-0.4, -0.2) is 50.3 Å². The standard InChI is InChI=1S/C17H27N3O2S.HI/c1-13(22-15-8-6-14(21-3)7-9-15)11-19-17(18-2)20-12-16-5-4-10-23-16;/h6-9,13,16H,4-5,10-12H2,1-3H3,(H2,18,19,20);1H. The van der Waals surface area contributed by atoms with E-state index in [1.54, 1.807) is 14.2 Å². The summed E-state index contributed by atoms with van der Waals surface area (Å²) in [5, 5.41) is 7.42. The predicted octanol–water partition coefficient (Wildman–Crippen LogP) is 3.14. The van der Waals surface area contributed by atoms with E-state index in [1.165, 1.54) is 18.6 Å². The number of aliphatic imine (C=N–C) groups is 1. The lowest BCUT2D eigenvalue weighted by Crippen LogP contribution is -2.43. The van der Waals surface area contributed by atoms with Crippen molar-refractivity contribution in [2.45, 2.75) is 31.1 Å². The van der Waals surface area contributed by atoms with Gasteiger partial charge in [0.1, 0.15) is 17.6 Å². The average Bonchev–Trinajstić information content (AvgIpc) is 3.09. The molecule has 0 radical (unpaired) electrons. The molecule has 0 aliphatic carbocycles. The van der Waals surface area contributed by atoms with Crippen LogP contribution in [0.4, 0.5) is 0 Å². The van der Waals surface area contributed by atoms with Crippen molar-refractivity contribution in [2.24, 2.45) is 4.99 Å². The molecule has 1 saturated heterocycles. The van der Waals surface area contributed by atoms with Crippen LogP contribution in [0.3, 0.4) is 0 Å². The van der Waals surface area contributed by atoms with Gasteiger partial charge in [-0.15, -0.1) is 24.0 Å². The Labute approximate surface area is 166 Å². The average molecular weight is 465 g/mol. The molecule has 1 aromatic carbocycles. The van der Waals surface area contributed by atoms with Crippen LogP contribution in [0.25, 0.3) is 0 Å². The van der Waals surface area contributed by atoms with Crippen molar-refractivity contribution >= 4 is 41.7 Å². The van der Waals surface area contributed by atoms with Crippen LogP contribution in [0, 0.1) is 0 Å². The fourth-order valence-corrected chi connectivity index (χ4v) is 3.61. The Hall–Kier alpha value is -0.830. The largest absolute Gasteiger partial charge is 0.497 e. The first-order valence-corrected chi connectivity index (χ1v) is 9.13. The van der Waals surface area contributed by atoms with Crippen molar-refractivity contribution in [3.8, 4) is 11.5 Å². The zero-order valence-electron chi connectivity index (χ0n) is 14.6. The number of benzene rings is 1. The summed E-state index contributed by atoms with van der Waals surface area (Å²) in [7, 11) is 3.46. The Morgan fingerprint density at radius 2 is 2.00 bits per heavy atom. The monoisotopic (exact) mass is 465 g/mol. The van der Waals surface area contributed by atoms with Crippen molar-refractivity contribution in [3.05, 3.63) is 24.3 Å². The van der Waals surface area contributed by atoms with Gasteiger partial charge in [-0.3, -0.25) is 4.99 Å². The minimum absolute atomic E-state index is 0. The second-order valence-corrected chi connectivity index (χ2v) is 6.98. The maximum Gasteiger partial charge on any atom is 0.191 e. The van der Waals surface area contributed by atoms with Crippen molar-refractivity contribution in [1.82, 2.24) is 10.6 Å². The van der Waals surface area contributed by atoms with Crippen LogP contribution in [0.15, 0.2) is 29.3 Å². The van der Waals surface area contributed by atoms with E-state index in [9.17, 15) is 0 Å².